The molecular formula is C20H21FN4O5. The summed E-state index contributed by atoms with van der Waals surface area (Å²) in [6.45, 7) is 0.612. The Morgan fingerprint density at radius 2 is 1.90 bits per heavy atom. The first-order valence-electron chi connectivity index (χ1n) is 9.59. The number of halogens is 1. The molecule has 1 aromatic heterocycles. The average molecular weight is 416 g/mol. The smallest absolute Gasteiger partial charge is 0.303 e. The molecule has 2 aliphatic rings. The van der Waals surface area contributed by atoms with Crippen molar-refractivity contribution >= 4 is 17.8 Å². The summed E-state index contributed by atoms with van der Waals surface area (Å²) in [5.74, 6) is -1.35. The second-order valence-corrected chi connectivity index (χ2v) is 7.19. The molecule has 4 atom stereocenters. The zero-order valence-corrected chi connectivity index (χ0v) is 16.0. The SMILES string of the molecule is O=C(O)CCC(=O)N[C@H]1CO[C@H]2[C@H]1OC[C@H]2Nc1nccc(-c2cccc(F)c2)n1. The van der Waals surface area contributed by atoms with Crippen molar-refractivity contribution < 1.29 is 28.6 Å². The van der Waals surface area contributed by atoms with Crippen LogP contribution in [0.15, 0.2) is 36.5 Å². The van der Waals surface area contributed by atoms with Gasteiger partial charge in [0.25, 0.3) is 0 Å². The van der Waals surface area contributed by atoms with Crippen molar-refractivity contribution in [2.24, 2.45) is 0 Å². The van der Waals surface area contributed by atoms with Crippen LogP contribution < -0.4 is 10.6 Å². The molecule has 30 heavy (non-hydrogen) atoms. The van der Waals surface area contributed by atoms with Gasteiger partial charge in [0.15, 0.2) is 0 Å². The van der Waals surface area contributed by atoms with Crippen LogP contribution in [0.2, 0.25) is 0 Å². The van der Waals surface area contributed by atoms with Gasteiger partial charge in [-0.05, 0) is 18.2 Å². The van der Waals surface area contributed by atoms with E-state index in [-0.39, 0.29) is 55.5 Å². The maximum absolute atomic E-state index is 13.5. The quantitative estimate of drug-likeness (QED) is 0.616. The third-order valence-electron chi connectivity index (χ3n) is 5.06. The molecule has 2 saturated heterocycles. The van der Waals surface area contributed by atoms with Crippen molar-refractivity contribution in [2.45, 2.75) is 37.1 Å². The molecule has 0 bridgehead atoms. The van der Waals surface area contributed by atoms with E-state index in [9.17, 15) is 14.0 Å². The summed E-state index contributed by atoms with van der Waals surface area (Å²) in [4.78, 5) is 31.2. The van der Waals surface area contributed by atoms with Crippen LogP contribution in [0.3, 0.4) is 0 Å². The number of nitrogens with zero attached hydrogens (tertiary/aromatic N) is 2. The van der Waals surface area contributed by atoms with Crippen molar-refractivity contribution in [3.05, 3.63) is 42.3 Å². The van der Waals surface area contributed by atoms with Crippen LogP contribution in [0.25, 0.3) is 11.3 Å². The number of hydrogen-bond acceptors (Lipinski definition) is 7. The summed E-state index contributed by atoms with van der Waals surface area (Å²) in [5.41, 5.74) is 1.22. The van der Waals surface area contributed by atoms with Crippen molar-refractivity contribution in [1.82, 2.24) is 15.3 Å². The number of carboxylic acids is 1. The number of amides is 1. The lowest BCUT2D eigenvalue weighted by Crippen LogP contribution is -2.44. The second kappa shape index (κ2) is 8.72. The highest BCUT2D eigenvalue weighted by Gasteiger charge is 2.48. The number of carbonyl (C=O) groups excluding carboxylic acids is 1. The lowest BCUT2D eigenvalue weighted by molar-refractivity contribution is -0.139. The molecule has 0 spiro atoms. The molecule has 0 radical (unpaired) electrons. The van der Waals surface area contributed by atoms with Gasteiger partial charge in [-0.1, -0.05) is 12.1 Å². The van der Waals surface area contributed by atoms with Gasteiger partial charge in [0, 0.05) is 18.2 Å². The fraction of sp³-hybridized carbons (Fsp3) is 0.400. The molecule has 1 aromatic carbocycles. The number of aliphatic carboxylic acids is 1. The van der Waals surface area contributed by atoms with Gasteiger partial charge in [-0.25, -0.2) is 14.4 Å². The predicted octanol–water partition coefficient (Wildman–Crippen LogP) is 1.21. The van der Waals surface area contributed by atoms with Crippen LogP contribution in [-0.2, 0) is 19.1 Å². The maximum atomic E-state index is 13.5. The van der Waals surface area contributed by atoms with Gasteiger partial charge < -0.3 is 25.2 Å². The fourth-order valence-electron chi connectivity index (χ4n) is 3.65. The maximum Gasteiger partial charge on any atom is 0.303 e. The first kappa shape index (κ1) is 20.2. The van der Waals surface area contributed by atoms with Crippen molar-refractivity contribution in [3.63, 3.8) is 0 Å². The van der Waals surface area contributed by atoms with Gasteiger partial charge in [-0.2, -0.15) is 0 Å². The zero-order chi connectivity index (χ0) is 21.1. The first-order valence-corrected chi connectivity index (χ1v) is 9.59. The Balaban J connectivity index is 1.38. The lowest BCUT2D eigenvalue weighted by Gasteiger charge is -2.18. The molecule has 158 valence electrons. The number of ether oxygens (including phenoxy) is 2. The summed E-state index contributed by atoms with van der Waals surface area (Å²) >= 11 is 0. The van der Waals surface area contributed by atoms with E-state index < -0.39 is 5.97 Å². The largest absolute Gasteiger partial charge is 0.481 e. The fourth-order valence-corrected chi connectivity index (χ4v) is 3.65. The summed E-state index contributed by atoms with van der Waals surface area (Å²) in [6, 6.07) is 7.28. The Kier molecular flexibility index (Phi) is 5.86. The molecule has 0 aliphatic carbocycles. The van der Waals surface area contributed by atoms with Crippen LogP contribution in [0.5, 0.6) is 0 Å². The Labute approximate surface area is 171 Å². The number of nitrogens with one attached hydrogen (secondary N) is 2. The molecular weight excluding hydrogens is 395 g/mol. The number of aromatic nitrogens is 2. The highest BCUT2D eigenvalue weighted by Crippen LogP contribution is 2.29. The molecule has 3 heterocycles. The van der Waals surface area contributed by atoms with Gasteiger partial charge in [0.2, 0.25) is 11.9 Å². The van der Waals surface area contributed by atoms with E-state index in [0.29, 0.717) is 23.8 Å². The number of carbonyl (C=O) groups is 2. The second-order valence-electron chi connectivity index (χ2n) is 7.19. The van der Waals surface area contributed by atoms with Gasteiger partial charge >= 0.3 is 5.97 Å². The van der Waals surface area contributed by atoms with Crippen LogP contribution in [0.1, 0.15) is 12.8 Å². The molecule has 2 aliphatic heterocycles. The number of carboxylic acid groups (broad SMARTS) is 1. The molecule has 1 amide bonds. The van der Waals surface area contributed by atoms with Crippen LogP contribution in [-0.4, -0.2) is 64.5 Å². The number of benzene rings is 1. The molecule has 0 saturated carbocycles. The van der Waals surface area contributed by atoms with Crippen molar-refractivity contribution in [3.8, 4) is 11.3 Å². The Bertz CT molecular complexity index is 943. The Morgan fingerprint density at radius 3 is 2.67 bits per heavy atom. The summed E-state index contributed by atoms with van der Waals surface area (Å²) < 4.78 is 25.1. The molecule has 10 heteroatoms. The van der Waals surface area contributed by atoms with Gasteiger partial charge in [0.05, 0.1) is 37.4 Å². The molecule has 4 rings (SSSR count). The Hall–Kier alpha value is -3.11. The van der Waals surface area contributed by atoms with E-state index in [1.165, 1.54) is 12.1 Å². The van der Waals surface area contributed by atoms with Crippen LogP contribution in [0, 0.1) is 5.82 Å². The topological polar surface area (TPSA) is 123 Å². The first-order chi connectivity index (χ1) is 14.5. The van der Waals surface area contributed by atoms with E-state index in [0.717, 1.165) is 0 Å². The monoisotopic (exact) mass is 416 g/mol. The van der Waals surface area contributed by atoms with E-state index in [4.69, 9.17) is 14.6 Å². The molecule has 2 aromatic rings. The van der Waals surface area contributed by atoms with Gasteiger partial charge in [0.1, 0.15) is 18.0 Å². The lowest BCUT2D eigenvalue weighted by atomic mass is 10.1. The molecule has 9 nitrogen and oxygen atoms in total. The third-order valence-corrected chi connectivity index (χ3v) is 5.06. The van der Waals surface area contributed by atoms with Crippen LogP contribution >= 0.6 is 0 Å². The van der Waals surface area contributed by atoms with Crippen molar-refractivity contribution in [2.75, 3.05) is 18.5 Å². The normalized spacial score (nSPS) is 25.0. The minimum absolute atomic E-state index is 0.0917. The highest BCUT2D eigenvalue weighted by atomic mass is 19.1. The van der Waals surface area contributed by atoms with E-state index in [2.05, 4.69) is 20.6 Å². The minimum atomic E-state index is -1.02. The standard InChI is InChI=1S/C20H21FN4O5/c21-12-3-1-2-11(8-12)13-6-7-22-20(24-13)25-15-10-30-18-14(9-29-19(15)18)23-16(26)4-5-17(27)28/h1-3,6-8,14-15,18-19H,4-5,9-10H2,(H,23,26)(H,27,28)(H,22,24,25)/t14-,15+,18-,19+/m0/s1. The van der Waals surface area contributed by atoms with Gasteiger partial charge in [-0.3, -0.25) is 9.59 Å². The number of rotatable bonds is 7. The number of anilines is 1. The van der Waals surface area contributed by atoms with E-state index in [1.54, 1.807) is 24.4 Å². The van der Waals surface area contributed by atoms with Crippen molar-refractivity contribution in [1.29, 1.82) is 0 Å². The van der Waals surface area contributed by atoms with E-state index >= 15 is 0 Å². The van der Waals surface area contributed by atoms with Gasteiger partial charge in [-0.15, -0.1) is 0 Å². The van der Waals surface area contributed by atoms with E-state index in [1.807, 2.05) is 0 Å². The predicted molar refractivity (Wildman–Crippen MR) is 103 cm³/mol. The zero-order valence-electron chi connectivity index (χ0n) is 16.0. The summed E-state index contributed by atoms with van der Waals surface area (Å²) in [6.07, 6.45) is 0.617. The van der Waals surface area contributed by atoms with Crippen LogP contribution in [0.4, 0.5) is 10.3 Å². The highest BCUT2D eigenvalue weighted by molar-refractivity contribution is 5.80. The molecule has 3 N–H and O–H groups in total. The average Bonchev–Trinajstić information content (AvgIpc) is 3.30. The number of hydrogen-bond donors (Lipinski definition) is 3. The summed E-state index contributed by atoms with van der Waals surface area (Å²) in [5, 5.41) is 14.7. The molecule has 2 fully saturated rings. The Morgan fingerprint density at radius 1 is 1.13 bits per heavy atom. The summed E-state index contributed by atoms with van der Waals surface area (Å²) in [7, 11) is 0. The number of fused-ring (bicyclic) bond motifs is 1. The third kappa shape index (κ3) is 4.55. The minimum Gasteiger partial charge on any atom is -0.481 e. The molecule has 0 unspecified atom stereocenters.